The van der Waals surface area contributed by atoms with Crippen molar-refractivity contribution in [3.8, 4) is 11.8 Å². The largest absolute Gasteiger partial charge is 0.494 e. The van der Waals surface area contributed by atoms with Gasteiger partial charge in [-0.3, -0.25) is 0 Å². The number of unbranched alkanes of at least 4 members (excludes halogenated alkanes) is 2. The molecule has 0 radical (unpaired) electrons. The van der Waals surface area contributed by atoms with Gasteiger partial charge in [-0.15, -0.1) is 0 Å². The summed E-state index contributed by atoms with van der Waals surface area (Å²) in [6.07, 6.45) is 3.33. The zero-order valence-corrected chi connectivity index (χ0v) is 19.7. The fourth-order valence-electron chi connectivity index (χ4n) is 4.23. The van der Waals surface area contributed by atoms with Crippen LogP contribution in [0.3, 0.4) is 0 Å². The fourth-order valence-corrected chi connectivity index (χ4v) is 8.47. The molecule has 4 rings (SSSR count). The molecule has 0 fully saturated rings. The standard InChI is InChI=1S/C30H29NOP/c31-23-11-4-12-24-32-27-21-19-26(20-22-27)25-33(28-13-5-1-6-14-28,29-15-7-2-8-16-29)30-17-9-3-10-18-30/h1-3,5-10,13-22H,4,11-12,24-25H2/q+1. The van der Waals surface area contributed by atoms with Crippen LogP contribution in [-0.4, -0.2) is 6.61 Å². The first-order valence-electron chi connectivity index (χ1n) is 11.5. The number of hydrogen-bond acceptors (Lipinski definition) is 2. The predicted octanol–water partition coefficient (Wildman–Crippen LogP) is 6.25. The molecule has 4 aromatic rings. The average molecular weight is 451 g/mol. The van der Waals surface area contributed by atoms with E-state index in [1.807, 2.05) is 0 Å². The van der Waals surface area contributed by atoms with E-state index >= 15 is 0 Å². The summed E-state index contributed by atoms with van der Waals surface area (Å²) in [6, 6.07) is 43.6. The third-order valence-corrected chi connectivity index (χ3v) is 10.3. The number of nitriles is 1. The first kappa shape index (κ1) is 22.8. The van der Waals surface area contributed by atoms with Gasteiger partial charge < -0.3 is 4.74 Å². The van der Waals surface area contributed by atoms with Gasteiger partial charge in [0.1, 0.15) is 28.9 Å². The van der Waals surface area contributed by atoms with Gasteiger partial charge in [-0.25, -0.2) is 0 Å². The van der Waals surface area contributed by atoms with Crippen molar-refractivity contribution in [3.63, 3.8) is 0 Å². The highest BCUT2D eigenvalue weighted by atomic mass is 31.2. The Morgan fingerprint density at radius 2 is 1.09 bits per heavy atom. The second-order valence-corrected chi connectivity index (χ2v) is 11.6. The van der Waals surface area contributed by atoms with Crippen molar-refractivity contribution in [2.45, 2.75) is 25.4 Å². The molecule has 164 valence electrons. The minimum absolute atomic E-state index is 0.590. The van der Waals surface area contributed by atoms with Crippen LogP contribution in [0.25, 0.3) is 0 Å². The first-order valence-corrected chi connectivity index (χ1v) is 13.4. The maximum Gasteiger partial charge on any atom is 0.119 e. The summed E-state index contributed by atoms with van der Waals surface area (Å²) >= 11 is 0. The predicted molar refractivity (Wildman–Crippen MR) is 140 cm³/mol. The normalized spacial score (nSPS) is 11.0. The van der Waals surface area contributed by atoms with Crippen LogP contribution in [0, 0.1) is 11.3 Å². The van der Waals surface area contributed by atoms with Crippen molar-refractivity contribution < 1.29 is 4.74 Å². The molecule has 4 aromatic carbocycles. The minimum atomic E-state index is -1.90. The van der Waals surface area contributed by atoms with Crippen molar-refractivity contribution in [1.82, 2.24) is 0 Å². The van der Waals surface area contributed by atoms with Crippen LogP contribution in [0.2, 0.25) is 0 Å². The number of benzene rings is 4. The molecule has 0 saturated carbocycles. The van der Waals surface area contributed by atoms with E-state index in [-0.39, 0.29) is 0 Å². The van der Waals surface area contributed by atoms with Crippen LogP contribution in [-0.2, 0) is 6.16 Å². The zero-order chi connectivity index (χ0) is 22.8. The molecule has 0 unspecified atom stereocenters. The summed E-state index contributed by atoms with van der Waals surface area (Å²) in [5.41, 5.74) is 1.30. The molecule has 0 aliphatic heterocycles. The van der Waals surface area contributed by atoms with E-state index in [2.05, 4.69) is 121 Å². The number of hydrogen-bond donors (Lipinski definition) is 0. The van der Waals surface area contributed by atoms with Crippen LogP contribution >= 0.6 is 7.26 Å². The Morgan fingerprint density at radius 3 is 1.55 bits per heavy atom. The molecule has 0 aliphatic rings. The lowest BCUT2D eigenvalue weighted by Gasteiger charge is -2.28. The quantitative estimate of drug-likeness (QED) is 0.211. The van der Waals surface area contributed by atoms with Gasteiger partial charge in [-0.05, 0) is 66.9 Å². The van der Waals surface area contributed by atoms with Gasteiger partial charge >= 0.3 is 0 Å². The van der Waals surface area contributed by atoms with Gasteiger partial charge in [0.2, 0.25) is 0 Å². The van der Waals surface area contributed by atoms with Crippen molar-refractivity contribution in [2.75, 3.05) is 6.61 Å². The van der Waals surface area contributed by atoms with Crippen molar-refractivity contribution in [2.24, 2.45) is 0 Å². The van der Waals surface area contributed by atoms with E-state index in [0.29, 0.717) is 13.0 Å². The first-order chi connectivity index (χ1) is 16.3. The van der Waals surface area contributed by atoms with Crippen molar-refractivity contribution in [3.05, 3.63) is 121 Å². The van der Waals surface area contributed by atoms with Gasteiger partial charge in [0.15, 0.2) is 0 Å². The Morgan fingerprint density at radius 1 is 0.606 bits per heavy atom. The molecule has 2 nitrogen and oxygen atoms in total. The molecule has 0 heterocycles. The number of rotatable bonds is 10. The molecule has 0 N–H and O–H groups in total. The van der Waals surface area contributed by atoms with E-state index in [9.17, 15) is 0 Å². The molecular formula is C30H29NOP+. The second kappa shape index (κ2) is 11.5. The van der Waals surface area contributed by atoms with Gasteiger partial charge in [0.05, 0.1) is 18.8 Å². The summed E-state index contributed by atoms with van der Waals surface area (Å²) < 4.78 is 5.89. The van der Waals surface area contributed by atoms with E-state index in [1.54, 1.807) is 0 Å². The van der Waals surface area contributed by atoms with Gasteiger partial charge in [0.25, 0.3) is 0 Å². The lowest BCUT2D eigenvalue weighted by atomic mass is 10.2. The van der Waals surface area contributed by atoms with E-state index < -0.39 is 7.26 Å². The lowest BCUT2D eigenvalue weighted by molar-refractivity contribution is 0.307. The molecule has 0 spiro atoms. The maximum absolute atomic E-state index is 8.66. The van der Waals surface area contributed by atoms with Gasteiger partial charge in [0, 0.05) is 6.42 Å². The molecule has 3 heteroatoms. The monoisotopic (exact) mass is 450 g/mol. The maximum atomic E-state index is 8.66. The molecule has 0 aliphatic carbocycles. The van der Waals surface area contributed by atoms with Crippen LogP contribution in [0.15, 0.2) is 115 Å². The summed E-state index contributed by atoms with van der Waals surface area (Å²) in [7, 11) is -1.90. The Kier molecular flexibility index (Phi) is 7.91. The Balaban J connectivity index is 1.68. The Hall–Kier alpha value is -3.40. The number of ether oxygens (including phenoxy) is 1. The van der Waals surface area contributed by atoms with Gasteiger partial charge in [-0.2, -0.15) is 5.26 Å². The average Bonchev–Trinajstić information content (AvgIpc) is 2.89. The zero-order valence-electron chi connectivity index (χ0n) is 18.8. The summed E-state index contributed by atoms with van der Waals surface area (Å²) in [4.78, 5) is 0. The molecule has 0 saturated heterocycles. The van der Waals surface area contributed by atoms with E-state index in [4.69, 9.17) is 10.00 Å². The third kappa shape index (κ3) is 5.51. The highest BCUT2D eigenvalue weighted by Gasteiger charge is 2.45. The fraction of sp³-hybridized carbons (Fsp3) is 0.167. The Bertz CT molecular complexity index is 1060. The van der Waals surface area contributed by atoms with Crippen LogP contribution in [0.1, 0.15) is 24.8 Å². The molecule has 0 bridgehead atoms. The van der Waals surface area contributed by atoms with Crippen LogP contribution in [0.4, 0.5) is 0 Å². The van der Waals surface area contributed by atoms with Crippen molar-refractivity contribution >= 4 is 23.2 Å². The molecule has 0 aromatic heterocycles. The third-order valence-electron chi connectivity index (χ3n) is 5.89. The van der Waals surface area contributed by atoms with E-state index in [1.165, 1.54) is 21.5 Å². The Labute approximate surface area is 197 Å². The minimum Gasteiger partial charge on any atom is -0.494 e. The molecule has 0 amide bonds. The van der Waals surface area contributed by atoms with Crippen molar-refractivity contribution in [1.29, 1.82) is 5.26 Å². The SMILES string of the molecule is N#CCCCCOc1ccc(C[P+](c2ccccc2)(c2ccccc2)c2ccccc2)cc1. The van der Waals surface area contributed by atoms with Crippen LogP contribution < -0.4 is 20.7 Å². The molecule has 0 atom stereocenters. The smallest absolute Gasteiger partial charge is 0.119 e. The molecular weight excluding hydrogens is 421 g/mol. The molecule has 33 heavy (non-hydrogen) atoms. The summed E-state index contributed by atoms with van der Waals surface area (Å²) in [6.45, 7) is 0.649. The topological polar surface area (TPSA) is 33.0 Å². The highest BCUT2D eigenvalue weighted by Crippen LogP contribution is 2.58. The van der Waals surface area contributed by atoms with Gasteiger partial charge in [-0.1, -0.05) is 66.7 Å². The second-order valence-electron chi connectivity index (χ2n) is 8.08. The highest BCUT2D eigenvalue weighted by molar-refractivity contribution is 7.95. The number of nitrogens with zero attached hydrogens (tertiary/aromatic N) is 1. The summed E-state index contributed by atoms with van der Waals surface area (Å²) in [5.74, 6) is 0.888. The van der Waals surface area contributed by atoms with E-state index in [0.717, 1.165) is 24.8 Å². The summed E-state index contributed by atoms with van der Waals surface area (Å²) in [5, 5.41) is 12.8. The lowest BCUT2D eigenvalue weighted by Crippen LogP contribution is -2.32. The van der Waals surface area contributed by atoms with Crippen LogP contribution in [0.5, 0.6) is 5.75 Å².